The highest BCUT2D eigenvalue weighted by molar-refractivity contribution is 5.36. The average Bonchev–Trinajstić information content (AvgIpc) is 2.83. The number of methoxy groups -OCH3 is 1. The molecule has 1 aliphatic carbocycles. The van der Waals surface area contributed by atoms with E-state index in [1.165, 1.54) is 49.7 Å². The summed E-state index contributed by atoms with van der Waals surface area (Å²) >= 11 is 0. The number of ether oxygens (including phenoxy) is 1. The first-order chi connectivity index (χ1) is 14.7. The fraction of sp³-hybridized carbons (Fsp3) is 0.577. The molecule has 0 fully saturated rings. The summed E-state index contributed by atoms with van der Waals surface area (Å²) in [4.78, 5) is 4.50. The van der Waals surface area contributed by atoms with Crippen molar-refractivity contribution in [1.29, 1.82) is 0 Å². The van der Waals surface area contributed by atoms with Gasteiger partial charge in [-0.25, -0.2) is 0 Å². The van der Waals surface area contributed by atoms with Crippen LogP contribution in [0.25, 0.3) is 0 Å². The van der Waals surface area contributed by atoms with Crippen molar-refractivity contribution in [3.05, 3.63) is 58.9 Å². The molecule has 1 heterocycles. The third-order valence-electron chi connectivity index (χ3n) is 5.81. The van der Waals surface area contributed by atoms with Crippen LogP contribution in [0.3, 0.4) is 0 Å². The molecule has 168 valence electrons. The van der Waals surface area contributed by atoms with Crippen LogP contribution in [-0.2, 0) is 19.3 Å². The Bertz CT molecular complexity index is 718. The second-order valence-corrected chi connectivity index (χ2v) is 7.55. The minimum atomic E-state index is 0.514. The maximum Gasteiger partial charge on any atom is 0.140 e. The van der Waals surface area contributed by atoms with Gasteiger partial charge in [0.25, 0.3) is 0 Å². The highest BCUT2D eigenvalue weighted by atomic mass is 16.5. The van der Waals surface area contributed by atoms with Crippen molar-refractivity contribution in [3.8, 4) is 5.75 Å². The summed E-state index contributed by atoms with van der Waals surface area (Å²) in [6.45, 7) is 6.99. The van der Waals surface area contributed by atoms with E-state index in [1.807, 2.05) is 32.2 Å². The largest absolute Gasteiger partial charge is 0.495 e. The molecule has 0 saturated carbocycles. The van der Waals surface area contributed by atoms with E-state index in [9.17, 15) is 0 Å². The molecule has 0 unspecified atom stereocenters. The van der Waals surface area contributed by atoms with Crippen LogP contribution in [0.2, 0.25) is 0 Å². The first kappa shape index (κ1) is 26.1. The lowest BCUT2D eigenvalue weighted by molar-refractivity contribution is 0.394. The predicted molar refractivity (Wildman–Crippen MR) is 127 cm³/mol. The van der Waals surface area contributed by atoms with Crippen LogP contribution < -0.4 is 10.5 Å². The smallest absolute Gasteiger partial charge is 0.140 e. The first-order valence-electron chi connectivity index (χ1n) is 11.5. The van der Waals surface area contributed by atoms with E-state index >= 15 is 0 Å². The Morgan fingerprint density at radius 2 is 1.97 bits per heavy atom. The molecule has 0 saturated heterocycles. The number of aryl methyl sites for hydroxylation is 2. The van der Waals surface area contributed by atoms with Gasteiger partial charge in [0.2, 0.25) is 0 Å². The van der Waals surface area contributed by atoms with Gasteiger partial charge in [0.15, 0.2) is 0 Å². The van der Waals surface area contributed by atoms with Gasteiger partial charge in [-0.05, 0) is 85.7 Å². The molecule has 1 aromatic heterocycles. The number of hydrogen-bond acceptors (Lipinski definition) is 4. The van der Waals surface area contributed by atoms with E-state index in [-0.39, 0.29) is 0 Å². The van der Waals surface area contributed by atoms with Crippen molar-refractivity contribution in [2.75, 3.05) is 20.8 Å². The zero-order valence-corrected chi connectivity index (χ0v) is 19.7. The van der Waals surface area contributed by atoms with Crippen molar-refractivity contribution >= 4 is 0 Å². The maximum absolute atomic E-state index is 7.00. The molecule has 0 radical (unpaired) electrons. The summed E-state index contributed by atoms with van der Waals surface area (Å²) in [5.41, 5.74) is 11.6. The first-order valence-corrected chi connectivity index (χ1v) is 11.5. The summed E-state index contributed by atoms with van der Waals surface area (Å²) in [6.07, 6.45) is 10.1. The van der Waals surface area contributed by atoms with Crippen molar-refractivity contribution in [2.45, 2.75) is 71.6 Å². The number of fused-ring (bicyclic) bond motifs is 1. The Balaban J connectivity index is 0.00000106. The van der Waals surface area contributed by atoms with Crippen LogP contribution in [0, 0.1) is 5.92 Å². The lowest BCUT2D eigenvalue weighted by Crippen LogP contribution is -2.17. The Hall–Kier alpha value is -1.91. The molecule has 1 aromatic carbocycles. The van der Waals surface area contributed by atoms with E-state index in [1.54, 1.807) is 12.7 Å². The Labute approximate surface area is 183 Å². The van der Waals surface area contributed by atoms with Gasteiger partial charge in [-0.15, -0.1) is 0 Å². The molecule has 3 N–H and O–H groups in total. The monoisotopic (exact) mass is 414 g/mol. The average molecular weight is 415 g/mol. The van der Waals surface area contributed by atoms with E-state index in [4.69, 9.17) is 15.6 Å². The van der Waals surface area contributed by atoms with E-state index in [2.05, 4.69) is 30.1 Å². The summed E-state index contributed by atoms with van der Waals surface area (Å²) in [6, 6.07) is 11.0. The number of aliphatic hydroxyl groups is 1. The number of nitrogens with two attached hydrogens (primary N) is 1. The number of rotatable bonds is 8. The second kappa shape index (κ2) is 15.0. The van der Waals surface area contributed by atoms with Crippen molar-refractivity contribution in [1.82, 2.24) is 4.98 Å². The van der Waals surface area contributed by atoms with Crippen LogP contribution in [0.1, 0.15) is 74.8 Å². The highest BCUT2D eigenvalue weighted by Gasteiger charge is 2.20. The standard InChI is InChI=1S/C23H32N2O.C2H6.CH4O/c1-3-5-21(16-24)20-11-10-18-14-17(7-9-19(18)15-20)8-12-22-23(26-2)6-4-13-25-22;2*1-2/h4,6,10-11,13,15,17,21H,3,5,7-9,12,14,16,24H2,1-2H3;1-2H3;2H,1H3/t17-,21+;;/m1../s1. The third kappa shape index (κ3) is 7.41. The number of nitrogens with zero attached hydrogens (tertiary/aromatic N) is 1. The molecule has 30 heavy (non-hydrogen) atoms. The van der Waals surface area contributed by atoms with E-state index in [0.29, 0.717) is 5.92 Å². The van der Waals surface area contributed by atoms with Gasteiger partial charge in [0.1, 0.15) is 5.75 Å². The molecule has 1 aliphatic rings. The van der Waals surface area contributed by atoms with Crippen molar-refractivity contribution in [2.24, 2.45) is 11.7 Å². The molecule has 4 heteroatoms. The second-order valence-electron chi connectivity index (χ2n) is 7.55. The maximum atomic E-state index is 7.00. The van der Waals surface area contributed by atoms with Crippen molar-refractivity contribution < 1.29 is 9.84 Å². The summed E-state index contributed by atoms with van der Waals surface area (Å²) in [7, 11) is 2.72. The predicted octanol–water partition coefficient (Wildman–Crippen LogP) is 5.31. The molecule has 2 atom stereocenters. The molecule has 4 nitrogen and oxygen atoms in total. The molecule has 3 rings (SSSR count). The Morgan fingerprint density at radius 1 is 1.20 bits per heavy atom. The molecular weight excluding hydrogens is 372 g/mol. The van der Waals surface area contributed by atoms with Crippen LogP contribution >= 0.6 is 0 Å². The number of aliphatic hydroxyl groups excluding tert-OH is 1. The normalized spacial score (nSPS) is 15.6. The van der Waals surface area contributed by atoms with Crippen molar-refractivity contribution in [3.63, 3.8) is 0 Å². The summed E-state index contributed by atoms with van der Waals surface area (Å²) in [5, 5.41) is 7.00. The zero-order chi connectivity index (χ0) is 22.4. The van der Waals surface area contributed by atoms with E-state index in [0.717, 1.165) is 37.4 Å². The Morgan fingerprint density at radius 3 is 2.63 bits per heavy atom. The molecule has 0 spiro atoms. The number of aromatic nitrogens is 1. The fourth-order valence-electron chi connectivity index (χ4n) is 4.26. The van der Waals surface area contributed by atoms with Gasteiger partial charge in [-0.3, -0.25) is 4.98 Å². The molecule has 0 aliphatic heterocycles. The van der Waals surface area contributed by atoms with E-state index < -0.39 is 0 Å². The quantitative estimate of drug-likeness (QED) is 0.614. The van der Waals surface area contributed by atoms with Gasteiger partial charge >= 0.3 is 0 Å². The van der Waals surface area contributed by atoms with Crippen LogP contribution in [0.4, 0.5) is 0 Å². The lowest BCUT2D eigenvalue weighted by atomic mass is 9.79. The number of hydrogen-bond donors (Lipinski definition) is 2. The lowest BCUT2D eigenvalue weighted by Gasteiger charge is -2.26. The van der Waals surface area contributed by atoms with Gasteiger partial charge < -0.3 is 15.6 Å². The van der Waals surface area contributed by atoms with Gasteiger partial charge in [-0.1, -0.05) is 45.4 Å². The topological polar surface area (TPSA) is 68.4 Å². The summed E-state index contributed by atoms with van der Waals surface area (Å²) < 4.78 is 5.43. The van der Waals surface area contributed by atoms with Gasteiger partial charge in [0.05, 0.1) is 12.8 Å². The fourth-order valence-corrected chi connectivity index (χ4v) is 4.26. The SMILES string of the molecule is CC.CCC[C@@H](CN)c1ccc2c(c1)CC[C@H](CCc1ncccc1OC)C2.CO. The van der Waals surface area contributed by atoms with Crippen LogP contribution in [0.15, 0.2) is 36.5 Å². The number of benzene rings is 1. The van der Waals surface area contributed by atoms with Gasteiger partial charge in [-0.2, -0.15) is 0 Å². The highest BCUT2D eigenvalue weighted by Crippen LogP contribution is 2.32. The molecule has 0 amide bonds. The summed E-state index contributed by atoms with van der Waals surface area (Å²) in [5.74, 6) is 2.16. The number of pyridine rings is 1. The third-order valence-corrected chi connectivity index (χ3v) is 5.81. The molecule has 2 aromatic rings. The van der Waals surface area contributed by atoms with Crippen LogP contribution in [0.5, 0.6) is 5.75 Å². The minimum absolute atomic E-state index is 0.514. The minimum Gasteiger partial charge on any atom is -0.495 e. The molecular formula is C26H42N2O2. The molecule has 0 bridgehead atoms. The Kier molecular flexibility index (Phi) is 13.0. The van der Waals surface area contributed by atoms with Crippen LogP contribution in [-0.4, -0.2) is 30.9 Å². The van der Waals surface area contributed by atoms with Gasteiger partial charge in [0, 0.05) is 13.3 Å². The zero-order valence-electron chi connectivity index (χ0n) is 19.7.